The minimum absolute atomic E-state index is 0.383. The van der Waals surface area contributed by atoms with Gasteiger partial charge in [-0.2, -0.15) is 0 Å². The number of benzene rings is 1. The van der Waals surface area contributed by atoms with Crippen LogP contribution in [0.25, 0.3) is 11.3 Å². The zero-order valence-electron chi connectivity index (χ0n) is 11.1. The number of aromatic nitrogens is 2. The molecule has 0 unspecified atom stereocenters. The number of methoxy groups -OCH3 is 2. The third-order valence-corrected chi connectivity index (χ3v) is 3.87. The number of imidazole rings is 1. The lowest BCUT2D eigenvalue weighted by Crippen LogP contribution is -2.04. The first-order valence-electron chi connectivity index (χ1n) is 5.76. The molecule has 0 amide bonds. The molecule has 2 rings (SSSR count). The van der Waals surface area contributed by atoms with Gasteiger partial charge < -0.3 is 19.8 Å². The van der Waals surface area contributed by atoms with E-state index in [1.54, 1.807) is 14.2 Å². The van der Waals surface area contributed by atoms with E-state index >= 15 is 0 Å². The average Bonchev–Trinajstić information content (AvgIpc) is 2.74. The molecule has 6 heteroatoms. The molecule has 0 bridgehead atoms. The summed E-state index contributed by atoms with van der Waals surface area (Å²) in [7, 11) is 5.16. The Morgan fingerprint density at radius 2 is 2.05 bits per heavy atom. The molecule has 102 valence electrons. The zero-order chi connectivity index (χ0) is 14.0. The molecule has 0 atom stereocenters. The van der Waals surface area contributed by atoms with Gasteiger partial charge in [0.2, 0.25) is 0 Å². The maximum absolute atomic E-state index is 5.67. The van der Waals surface area contributed by atoms with Crippen molar-refractivity contribution in [2.45, 2.75) is 6.54 Å². The first-order valence-corrected chi connectivity index (χ1v) is 6.55. The average molecular weight is 326 g/mol. The summed E-state index contributed by atoms with van der Waals surface area (Å²) < 4.78 is 13.4. The quantitative estimate of drug-likeness (QED) is 0.937. The summed E-state index contributed by atoms with van der Waals surface area (Å²) in [6.07, 6.45) is 0. The van der Waals surface area contributed by atoms with Crippen LogP contribution in [-0.2, 0) is 13.6 Å². The summed E-state index contributed by atoms with van der Waals surface area (Å²) in [5, 5.41) is 0. The lowest BCUT2D eigenvalue weighted by Gasteiger charge is -2.09. The lowest BCUT2D eigenvalue weighted by atomic mass is 10.1. The lowest BCUT2D eigenvalue weighted by molar-refractivity contribution is 0.395. The molecule has 0 aliphatic carbocycles. The summed E-state index contributed by atoms with van der Waals surface area (Å²) in [6.45, 7) is 0.383. The molecule has 5 nitrogen and oxygen atoms in total. The van der Waals surface area contributed by atoms with Crippen molar-refractivity contribution in [3.63, 3.8) is 0 Å². The van der Waals surface area contributed by atoms with Gasteiger partial charge in [-0.05, 0) is 28.1 Å². The third-order valence-electron chi connectivity index (χ3n) is 2.96. The van der Waals surface area contributed by atoms with E-state index < -0.39 is 0 Å². The molecule has 0 fully saturated rings. The van der Waals surface area contributed by atoms with Crippen LogP contribution in [0.4, 0.5) is 0 Å². The van der Waals surface area contributed by atoms with Gasteiger partial charge in [0, 0.05) is 18.7 Å². The molecule has 0 aliphatic heterocycles. The van der Waals surface area contributed by atoms with Crippen molar-refractivity contribution in [3.8, 4) is 22.8 Å². The van der Waals surface area contributed by atoms with E-state index in [0.29, 0.717) is 12.3 Å². The van der Waals surface area contributed by atoms with Crippen molar-refractivity contribution in [1.29, 1.82) is 0 Å². The van der Waals surface area contributed by atoms with E-state index in [4.69, 9.17) is 15.2 Å². The van der Waals surface area contributed by atoms with Crippen molar-refractivity contribution < 1.29 is 9.47 Å². The molecule has 0 spiro atoms. The van der Waals surface area contributed by atoms with Gasteiger partial charge in [0.05, 0.1) is 20.8 Å². The van der Waals surface area contributed by atoms with Gasteiger partial charge in [0.15, 0.2) is 0 Å². The van der Waals surface area contributed by atoms with Crippen LogP contribution in [-0.4, -0.2) is 23.8 Å². The predicted octanol–water partition coefficient (Wildman–Crippen LogP) is 2.33. The van der Waals surface area contributed by atoms with Crippen molar-refractivity contribution in [3.05, 3.63) is 28.6 Å². The van der Waals surface area contributed by atoms with Crippen molar-refractivity contribution in [1.82, 2.24) is 9.55 Å². The number of ether oxygens (including phenoxy) is 2. The maximum Gasteiger partial charge on any atom is 0.132 e. The van der Waals surface area contributed by atoms with Crippen LogP contribution in [0.3, 0.4) is 0 Å². The molecule has 0 radical (unpaired) electrons. The number of hydrogen-bond donors (Lipinski definition) is 1. The fourth-order valence-electron chi connectivity index (χ4n) is 1.87. The highest BCUT2D eigenvalue weighted by atomic mass is 79.9. The summed E-state index contributed by atoms with van der Waals surface area (Å²) in [5.74, 6) is 2.26. The zero-order valence-corrected chi connectivity index (χ0v) is 12.7. The Bertz CT molecular complexity index is 596. The highest BCUT2D eigenvalue weighted by Crippen LogP contribution is 2.36. The van der Waals surface area contributed by atoms with E-state index in [-0.39, 0.29) is 0 Å². The maximum atomic E-state index is 5.67. The smallest absolute Gasteiger partial charge is 0.132 e. The van der Waals surface area contributed by atoms with Gasteiger partial charge in [0.1, 0.15) is 27.6 Å². The highest BCUT2D eigenvalue weighted by molar-refractivity contribution is 9.10. The second-order valence-corrected chi connectivity index (χ2v) is 4.75. The van der Waals surface area contributed by atoms with Crippen LogP contribution in [0, 0.1) is 0 Å². The molecular weight excluding hydrogens is 310 g/mol. The van der Waals surface area contributed by atoms with Crippen LogP contribution >= 0.6 is 15.9 Å². The fourth-order valence-corrected chi connectivity index (χ4v) is 2.38. The second kappa shape index (κ2) is 5.63. The fraction of sp³-hybridized carbons (Fsp3) is 0.308. The molecule has 0 aliphatic rings. The highest BCUT2D eigenvalue weighted by Gasteiger charge is 2.17. The van der Waals surface area contributed by atoms with Crippen molar-refractivity contribution in [2.75, 3.05) is 14.2 Å². The van der Waals surface area contributed by atoms with E-state index in [2.05, 4.69) is 20.9 Å². The van der Waals surface area contributed by atoms with E-state index in [9.17, 15) is 0 Å². The van der Waals surface area contributed by atoms with Gasteiger partial charge in [-0.3, -0.25) is 0 Å². The molecule has 0 saturated carbocycles. The third kappa shape index (κ3) is 2.46. The molecule has 2 aromatic rings. The van der Waals surface area contributed by atoms with Crippen molar-refractivity contribution in [2.24, 2.45) is 12.8 Å². The topological polar surface area (TPSA) is 62.3 Å². The minimum Gasteiger partial charge on any atom is -0.497 e. The largest absolute Gasteiger partial charge is 0.497 e. The SMILES string of the molecule is COc1ccc(-c2nc(CN)n(C)c2Br)c(OC)c1. The molecule has 1 aromatic heterocycles. The van der Waals surface area contributed by atoms with Crippen molar-refractivity contribution >= 4 is 15.9 Å². The van der Waals surface area contributed by atoms with Gasteiger partial charge in [-0.25, -0.2) is 4.98 Å². The van der Waals surface area contributed by atoms with Gasteiger partial charge in [0.25, 0.3) is 0 Å². The summed E-state index contributed by atoms with van der Waals surface area (Å²) in [4.78, 5) is 4.53. The Morgan fingerprint density at radius 3 is 2.58 bits per heavy atom. The molecular formula is C13H16BrN3O2. The van der Waals surface area contributed by atoms with Crippen LogP contribution < -0.4 is 15.2 Å². The second-order valence-electron chi connectivity index (χ2n) is 4.00. The van der Waals surface area contributed by atoms with E-state index in [1.165, 1.54) is 0 Å². The number of nitrogens with zero attached hydrogens (tertiary/aromatic N) is 2. The Hall–Kier alpha value is -1.53. The van der Waals surface area contributed by atoms with Gasteiger partial charge in [-0.15, -0.1) is 0 Å². The molecule has 1 heterocycles. The van der Waals surface area contributed by atoms with Gasteiger partial charge >= 0.3 is 0 Å². The van der Waals surface area contributed by atoms with Gasteiger partial charge in [-0.1, -0.05) is 0 Å². The molecule has 1 aromatic carbocycles. The number of nitrogens with two attached hydrogens (primary N) is 1. The first-order chi connectivity index (χ1) is 9.12. The summed E-state index contributed by atoms with van der Waals surface area (Å²) in [6, 6.07) is 5.63. The Labute approximate surface area is 120 Å². The first kappa shape index (κ1) is 13.9. The Morgan fingerprint density at radius 1 is 1.32 bits per heavy atom. The van der Waals surface area contributed by atoms with Crippen LogP contribution in [0.1, 0.15) is 5.82 Å². The normalized spacial score (nSPS) is 10.6. The monoisotopic (exact) mass is 325 g/mol. The molecule has 2 N–H and O–H groups in total. The van der Waals surface area contributed by atoms with Crippen LogP contribution in [0.5, 0.6) is 11.5 Å². The number of halogens is 1. The standard InChI is InChI=1S/C13H16BrN3O2/c1-17-11(7-15)16-12(13(17)14)9-5-4-8(18-2)6-10(9)19-3/h4-6H,7,15H2,1-3H3. The number of rotatable bonds is 4. The van der Waals surface area contributed by atoms with E-state index in [0.717, 1.165) is 27.4 Å². The van der Waals surface area contributed by atoms with Crippen LogP contribution in [0.2, 0.25) is 0 Å². The Balaban J connectivity index is 2.58. The molecule has 0 saturated heterocycles. The number of hydrogen-bond acceptors (Lipinski definition) is 4. The van der Waals surface area contributed by atoms with Crippen LogP contribution in [0.15, 0.2) is 22.8 Å². The Kier molecular flexibility index (Phi) is 4.11. The summed E-state index contributed by atoms with van der Waals surface area (Å²) in [5.41, 5.74) is 7.37. The van der Waals surface area contributed by atoms with E-state index in [1.807, 2.05) is 29.8 Å². The molecule has 19 heavy (non-hydrogen) atoms. The predicted molar refractivity (Wildman–Crippen MR) is 77.3 cm³/mol. The summed E-state index contributed by atoms with van der Waals surface area (Å²) >= 11 is 3.54. The minimum atomic E-state index is 0.383.